The van der Waals surface area contributed by atoms with Crippen LogP contribution in [0.5, 0.6) is 0 Å². The van der Waals surface area contributed by atoms with Crippen LogP contribution in [0.15, 0.2) is 60.8 Å². The van der Waals surface area contributed by atoms with E-state index in [1.165, 1.54) is 6.07 Å². The first kappa shape index (κ1) is 21.0. The lowest BCUT2D eigenvalue weighted by Crippen LogP contribution is -2.29. The Hall–Kier alpha value is -3.52. The molecule has 0 aliphatic carbocycles. The number of rotatable bonds is 5. The highest BCUT2D eigenvalue weighted by molar-refractivity contribution is 5.63. The third-order valence-corrected chi connectivity index (χ3v) is 7.05. The molecule has 8 heteroatoms. The van der Waals surface area contributed by atoms with Crippen molar-refractivity contribution < 1.29 is 4.39 Å². The summed E-state index contributed by atoms with van der Waals surface area (Å²) in [6.45, 7) is 2.84. The van der Waals surface area contributed by atoms with E-state index in [0.29, 0.717) is 6.04 Å². The second-order valence-corrected chi connectivity index (χ2v) is 9.11. The quantitative estimate of drug-likeness (QED) is 0.488. The molecule has 6 rings (SSSR count). The molecule has 1 unspecified atom stereocenters. The summed E-state index contributed by atoms with van der Waals surface area (Å²) in [7, 11) is 2.01. The maximum atomic E-state index is 13.9. The average Bonchev–Trinajstić information content (AvgIpc) is 3.63. The zero-order valence-electron chi connectivity index (χ0n) is 19.2. The Morgan fingerprint density at radius 1 is 1.00 bits per heavy atom. The number of likely N-dealkylation sites (N-methyl/N-ethyl adjacent to an activating group) is 1. The van der Waals surface area contributed by atoms with Crippen LogP contribution < -0.4 is 15.1 Å². The van der Waals surface area contributed by atoms with Gasteiger partial charge in [-0.05, 0) is 68.3 Å². The summed E-state index contributed by atoms with van der Waals surface area (Å²) < 4.78 is 15.8. The molecule has 1 N–H and O–H groups in total. The summed E-state index contributed by atoms with van der Waals surface area (Å²) in [6, 6.07) is 17.7. The highest BCUT2D eigenvalue weighted by atomic mass is 19.1. The molecule has 0 saturated carbocycles. The third kappa shape index (κ3) is 3.77. The van der Waals surface area contributed by atoms with Crippen molar-refractivity contribution in [1.29, 1.82) is 0 Å². The summed E-state index contributed by atoms with van der Waals surface area (Å²) in [4.78, 5) is 14.1. The average molecular weight is 458 g/mol. The zero-order valence-corrected chi connectivity index (χ0v) is 19.2. The van der Waals surface area contributed by atoms with Gasteiger partial charge in [-0.15, -0.1) is 5.10 Å². The van der Waals surface area contributed by atoms with E-state index in [-0.39, 0.29) is 11.9 Å². The van der Waals surface area contributed by atoms with Crippen molar-refractivity contribution in [3.05, 3.63) is 72.2 Å². The molecule has 34 heavy (non-hydrogen) atoms. The molecule has 7 nitrogen and oxygen atoms in total. The summed E-state index contributed by atoms with van der Waals surface area (Å²) in [5, 5.41) is 8.33. The Balaban J connectivity index is 1.34. The lowest BCUT2D eigenvalue weighted by Gasteiger charge is -2.26. The number of benzene rings is 1. The fourth-order valence-corrected chi connectivity index (χ4v) is 5.24. The van der Waals surface area contributed by atoms with Gasteiger partial charge in [0, 0.05) is 25.7 Å². The van der Waals surface area contributed by atoms with E-state index in [9.17, 15) is 4.39 Å². The Labute approximate surface area is 198 Å². The van der Waals surface area contributed by atoms with Crippen LogP contribution in [0.3, 0.4) is 0 Å². The Morgan fingerprint density at radius 3 is 2.76 bits per heavy atom. The Bertz CT molecular complexity index is 1320. The van der Waals surface area contributed by atoms with Crippen molar-refractivity contribution in [2.45, 2.75) is 31.3 Å². The molecule has 0 spiro atoms. The Morgan fingerprint density at radius 2 is 1.91 bits per heavy atom. The number of halogens is 1. The number of hydrogen-bond acceptors (Lipinski definition) is 6. The molecule has 1 aromatic carbocycles. The molecule has 2 aliphatic heterocycles. The molecule has 2 aliphatic rings. The minimum absolute atomic E-state index is 0.115. The van der Waals surface area contributed by atoms with Crippen LogP contribution in [0.4, 0.5) is 16.0 Å². The van der Waals surface area contributed by atoms with Crippen molar-refractivity contribution in [3.63, 3.8) is 0 Å². The minimum atomic E-state index is -0.199. The van der Waals surface area contributed by atoms with E-state index >= 15 is 0 Å². The largest absolute Gasteiger partial charge is 0.355 e. The fraction of sp³-hybridized carbons (Fsp3) is 0.346. The van der Waals surface area contributed by atoms with E-state index in [1.54, 1.807) is 12.1 Å². The van der Waals surface area contributed by atoms with Crippen molar-refractivity contribution in [2.75, 3.05) is 36.5 Å². The number of hydrogen-bond donors (Lipinski definition) is 1. The van der Waals surface area contributed by atoms with E-state index in [2.05, 4.69) is 26.2 Å². The first-order chi connectivity index (χ1) is 16.7. The lowest BCUT2D eigenvalue weighted by molar-refractivity contribution is 0.616. The van der Waals surface area contributed by atoms with Crippen LogP contribution in [0.25, 0.3) is 17.0 Å². The zero-order chi connectivity index (χ0) is 23.1. The van der Waals surface area contributed by atoms with Crippen molar-refractivity contribution in [2.24, 2.45) is 0 Å². The molecule has 0 bridgehead atoms. The maximum absolute atomic E-state index is 13.9. The molecule has 2 atom stereocenters. The van der Waals surface area contributed by atoms with Gasteiger partial charge >= 0.3 is 0 Å². The van der Waals surface area contributed by atoms with Gasteiger partial charge in [-0.3, -0.25) is 0 Å². The number of nitrogens with zero attached hydrogens (tertiary/aromatic N) is 6. The monoisotopic (exact) mass is 457 g/mol. The van der Waals surface area contributed by atoms with Gasteiger partial charge in [0.2, 0.25) is 0 Å². The summed E-state index contributed by atoms with van der Waals surface area (Å²) in [5.41, 5.74) is 3.49. The standard InChI is InChI=1S/C26H28FN7/c1-28-20-12-14-32(17-20)25-9-3-7-21(30-25)23-16-29-24-10-11-26(31-34(23)24)33-13-4-8-22(33)18-5-2-6-19(27)15-18/h2-3,5-7,9-11,15-16,20,22,28H,4,8,12-14,17H2,1H3/t20?,22-/m1/s1. The SMILES string of the molecule is CNC1CCN(c2cccc(-c3cnc4ccc(N5CCC[C@@H]5c5cccc(F)c5)nn34)n2)C1. The first-order valence-corrected chi connectivity index (χ1v) is 12.0. The topological polar surface area (TPSA) is 61.6 Å². The predicted molar refractivity (Wildman–Crippen MR) is 132 cm³/mol. The van der Waals surface area contributed by atoms with Crippen LogP contribution in [0, 0.1) is 5.82 Å². The molecule has 2 saturated heterocycles. The normalized spacial score (nSPS) is 20.5. The van der Waals surface area contributed by atoms with Gasteiger partial charge in [0.15, 0.2) is 5.65 Å². The third-order valence-electron chi connectivity index (χ3n) is 7.05. The fourth-order valence-electron chi connectivity index (χ4n) is 5.24. The maximum Gasteiger partial charge on any atom is 0.154 e. The summed E-state index contributed by atoms with van der Waals surface area (Å²) >= 11 is 0. The molecule has 5 heterocycles. The highest BCUT2D eigenvalue weighted by Gasteiger charge is 2.28. The van der Waals surface area contributed by atoms with Crippen LogP contribution in [0.1, 0.15) is 30.9 Å². The van der Waals surface area contributed by atoms with Gasteiger partial charge in [-0.25, -0.2) is 18.9 Å². The van der Waals surface area contributed by atoms with Crippen LogP contribution >= 0.6 is 0 Å². The number of aromatic nitrogens is 4. The minimum Gasteiger partial charge on any atom is -0.355 e. The second kappa shape index (κ2) is 8.68. The van der Waals surface area contributed by atoms with E-state index < -0.39 is 0 Å². The number of nitrogens with one attached hydrogen (secondary N) is 1. The second-order valence-electron chi connectivity index (χ2n) is 9.11. The molecule has 3 aromatic heterocycles. The number of anilines is 2. The van der Waals surface area contributed by atoms with E-state index in [0.717, 1.165) is 73.1 Å². The van der Waals surface area contributed by atoms with Gasteiger partial charge in [-0.1, -0.05) is 18.2 Å². The molecule has 4 aromatic rings. The summed E-state index contributed by atoms with van der Waals surface area (Å²) in [6.07, 6.45) is 4.98. The van der Waals surface area contributed by atoms with Gasteiger partial charge in [0.25, 0.3) is 0 Å². The number of imidazole rings is 1. The molecule has 2 fully saturated rings. The van der Waals surface area contributed by atoms with Gasteiger partial charge in [-0.2, -0.15) is 0 Å². The van der Waals surface area contributed by atoms with Gasteiger partial charge in [0.05, 0.1) is 17.9 Å². The molecular weight excluding hydrogens is 429 g/mol. The van der Waals surface area contributed by atoms with Crippen molar-refractivity contribution in [1.82, 2.24) is 24.9 Å². The Kier molecular flexibility index (Phi) is 5.37. The number of pyridine rings is 1. The van der Waals surface area contributed by atoms with Gasteiger partial charge in [0.1, 0.15) is 23.1 Å². The van der Waals surface area contributed by atoms with E-state index in [1.807, 2.05) is 48.1 Å². The van der Waals surface area contributed by atoms with Crippen LogP contribution in [-0.4, -0.2) is 52.3 Å². The molecule has 0 radical (unpaired) electrons. The molecule has 0 amide bonds. The van der Waals surface area contributed by atoms with E-state index in [4.69, 9.17) is 10.1 Å². The smallest absolute Gasteiger partial charge is 0.154 e. The predicted octanol–water partition coefficient (Wildman–Crippen LogP) is 4.07. The lowest BCUT2D eigenvalue weighted by atomic mass is 10.0. The molecule has 174 valence electrons. The first-order valence-electron chi connectivity index (χ1n) is 12.0. The highest BCUT2D eigenvalue weighted by Crippen LogP contribution is 2.35. The summed E-state index contributed by atoms with van der Waals surface area (Å²) in [5.74, 6) is 1.65. The van der Waals surface area contributed by atoms with Crippen molar-refractivity contribution in [3.8, 4) is 11.4 Å². The van der Waals surface area contributed by atoms with Gasteiger partial charge < -0.3 is 15.1 Å². The number of fused-ring (bicyclic) bond motifs is 1. The van der Waals surface area contributed by atoms with Crippen molar-refractivity contribution >= 4 is 17.3 Å². The molecular formula is C26H28FN7. The van der Waals surface area contributed by atoms with Crippen LogP contribution in [0.2, 0.25) is 0 Å². The van der Waals surface area contributed by atoms with Crippen LogP contribution in [-0.2, 0) is 0 Å².